The lowest BCUT2D eigenvalue weighted by Crippen LogP contribution is -2.00. The van der Waals surface area contributed by atoms with Crippen LogP contribution in [0.15, 0.2) is 72.4 Å². The first kappa shape index (κ1) is 18.4. The van der Waals surface area contributed by atoms with Gasteiger partial charge in [-0.3, -0.25) is 0 Å². The van der Waals surface area contributed by atoms with Crippen molar-refractivity contribution < 1.29 is 9.47 Å². The second-order valence-corrected chi connectivity index (χ2v) is 7.38. The number of rotatable bonds is 6. The van der Waals surface area contributed by atoms with Gasteiger partial charge in [0.25, 0.3) is 0 Å². The van der Waals surface area contributed by atoms with Crippen LogP contribution in [0.2, 0.25) is 0 Å². The first-order valence-corrected chi connectivity index (χ1v) is 10.2. The number of ether oxygens (including phenoxy) is 2. The molecule has 2 aromatic carbocycles. The number of fused-ring (bicyclic) bond motifs is 1. The van der Waals surface area contributed by atoms with Gasteiger partial charge in [0.2, 0.25) is 5.88 Å². The summed E-state index contributed by atoms with van der Waals surface area (Å²) in [5.74, 6) is 1.73. The Labute approximate surface area is 176 Å². The lowest BCUT2D eigenvalue weighted by molar-refractivity contribution is 0.177. The summed E-state index contributed by atoms with van der Waals surface area (Å²) in [4.78, 5) is 10.2. The first-order chi connectivity index (χ1) is 14.8. The molecule has 5 aromatic rings. The Bertz CT molecular complexity index is 1290. The van der Waals surface area contributed by atoms with Crippen molar-refractivity contribution >= 4 is 21.6 Å². The van der Waals surface area contributed by atoms with Crippen LogP contribution >= 0.6 is 11.3 Å². The summed E-state index contributed by atoms with van der Waals surface area (Å²) < 4.78 is 13.2. The van der Waals surface area contributed by atoms with Crippen molar-refractivity contribution in [3.8, 4) is 28.4 Å². The van der Waals surface area contributed by atoms with Crippen LogP contribution in [-0.4, -0.2) is 32.1 Å². The van der Waals surface area contributed by atoms with E-state index in [0.717, 1.165) is 27.0 Å². The molecule has 0 aliphatic carbocycles. The fraction of sp³-hybridized carbons (Fsp3) is 0.0909. The molecule has 0 bridgehead atoms. The number of nitrogens with zero attached hydrogens (tertiary/aromatic N) is 5. The van der Waals surface area contributed by atoms with Gasteiger partial charge in [0, 0.05) is 24.1 Å². The van der Waals surface area contributed by atoms with E-state index >= 15 is 0 Å². The summed E-state index contributed by atoms with van der Waals surface area (Å²) in [5, 5.41) is 10.9. The summed E-state index contributed by atoms with van der Waals surface area (Å²) in [6.45, 7) is 0.309. The van der Waals surface area contributed by atoms with E-state index in [0.29, 0.717) is 24.1 Å². The molecule has 8 heteroatoms. The first-order valence-electron chi connectivity index (χ1n) is 9.29. The average Bonchev–Trinajstić information content (AvgIpc) is 3.45. The molecule has 0 N–H and O–H groups in total. The van der Waals surface area contributed by atoms with Crippen molar-refractivity contribution in [1.82, 2.24) is 25.0 Å². The van der Waals surface area contributed by atoms with Crippen LogP contribution in [0.1, 0.15) is 5.82 Å². The highest BCUT2D eigenvalue weighted by Gasteiger charge is 2.17. The fourth-order valence-corrected chi connectivity index (χ4v) is 4.15. The number of methoxy groups -OCH3 is 1. The number of benzene rings is 2. The van der Waals surface area contributed by atoms with E-state index in [-0.39, 0.29) is 0 Å². The zero-order chi connectivity index (χ0) is 20.3. The highest BCUT2D eigenvalue weighted by Crippen LogP contribution is 2.39. The van der Waals surface area contributed by atoms with Crippen LogP contribution in [0.3, 0.4) is 0 Å². The Kier molecular flexibility index (Phi) is 4.92. The third-order valence-electron chi connectivity index (χ3n) is 4.52. The maximum Gasteiger partial charge on any atom is 0.232 e. The number of aromatic nitrogens is 5. The molecule has 3 aromatic heterocycles. The van der Waals surface area contributed by atoms with E-state index in [9.17, 15) is 0 Å². The maximum absolute atomic E-state index is 6.28. The fourth-order valence-electron chi connectivity index (χ4n) is 3.20. The van der Waals surface area contributed by atoms with Crippen molar-refractivity contribution in [1.29, 1.82) is 0 Å². The van der Waals surface area contributed by atoms with Gasteiger partial charge in [-0.1, -0.05) is 41.6 Å². The van der Waals surface area contributed by atoms with Gasteiger partial charge in [-0.05, 0) is 17.7 Å². The predicted octanol–water partition coefficient (Wildman–Crippen LogP) is 4.88. The van der Waals surface area contributed by atoms with Crippen molar-refractivity contribution in [3.63, 3.8) is 0 Å². The van der Waals surface area contributed by atoms with E-state index in [4.69, 9.17) is 9.47 Å². The SMILES string of the molecule is COCc1nc(Oc2cccc(-n3ccnn3)c2)c2c(-c3ccccc3)csc2n1. The number of hydrogen-bond donors (Lipinski definition) is 0. The lowest BCUT2D eigenvalue weighted by atomic mass is 10.1. The molecule has 5 rings (SSSR count). The Morgan fingerprint density at radius 2 is 1.93 bits per heavy atom. The molecule has 0 aliphatic heterocycles. The van der Waals surface area contributed by atoms with Crippen LogP contribution in [0.4, 0.5) is 0 Å². The van der Waals surface area contributed by atoms with Crippen LogP contribution in [-0.2, 0) is 11.3 Å². The molecule has 0 atom stereocenters. The van der Waals surface area contributed by atoms with Crippen molar-refractivity contribution in [2.24, 2.45) is 0 Å². The molecular weight excluding hydrogens is 398 g/mol. The molecule has 0 amide bonds. The smallest absolute Gasteiger partial charge is 0.232 e. The van der Waals surface area contributed by atoms with Crippen molar-refractivity contribution in [2.75, 3.05) is 7.11 Å². The lowest BCUT2D eigenvalue weighted by Gasteiger charge is -2.11. The molecule has 0 aliphatic rings. The quantitative estimate of drug-likeness (QED) is 0.394. The number of thiophene rings is 1. The molecule has 0 saturated heterocycles. The topological polar surface area (TPSA) is 75.0 Å². The molecule has 3 heterocycles. The van der Waals surface area contributed by atoms with E-state index in [1.54, 1.807) is 35.5 Å². The monoisotopic (exact) mass is 415 g/mol. The predicted molar refractivity (Wildman–Crippen MR) is 115 cm³/mol. The highest BCUT2D eigenvalue weighted by molar-refractivity contribution is 7.17. The van der Waals surface area contributed by atoms with Gasteiger partial charge in [0.05, 0.1) is 23.5 Å². The van der Waals surface area contributed by atoms with Crippen LogP contribution < -0.4 is 4.74 Å². The molecule has 0 fully saturated rings. The standard InChI is InChI=1S/C22H17N5O2S/c1-28-13-19-24-21(29-17-9-5-8-16(12-17)27-11-10-23-26-27)20-18(14-30-22(20)25-19)15-6-3-2-4-7-15/h2-12,14H,13H2,1H3. The average molecular weight is 415 g/mol. The summed E-state index contributed by atoms with van der Waals surface area (Å²) in [7, 11) is 1.62. The van der Waals surface area contributed by atoms with Gasteiger partial charge in [-0.2, -0.15) is 4.98 Å². The zero-order valence-corrected chi connectivity index (χ0v) is 16.9. The molecule has 0 unspecified atom stereocenters. The molecule has 30 heavy (non-hydrogen) atoms. The Hall–Kier alpha value is -3.62. The summed E-state index contributed by atoms with van der Waals surface area (Å²) in [6.07, 6.45) is 3.42. The normalized spacial score (nSPS) is 11.1. The zero-order valence-electron chi connectivity index (χ0n) is 16.1. The van der Waals surface area contributed by atoms with Crippen molar-refractivity contribution in [2.45, 2.75) is 6.61 Å². The Balaban J connectivity index is 1.62. The maximum atomic E-state index is 6.28. The van der Waals surface area contributed by atoms with Crippen LogP contribution in [0.5, 0.6) is 11.6 Å². The van der Waals surface area contributed by atoms with E-state index in [2.05, 4.69) is 37.8 Å². The molecule has 0 saturated carbocycles. The van der Waals surface area contributed by atoms with E-state index < -0.39 is 0 Å². The van der Waals surface area contributed by atoms with Gasteiger partial charge < -0.3 is 9.47 Å². The second kappa shape index (κ2) is 8.02. The minimum absolute atomic E-state index is 0.309. The third kappa shape index (κ3) is 3.54. The second-order valence-electron chi connectivity index (χ2n) is 6.52. The van der Waals surface area contributed by atoms with E-state index in [1.807, 2.05) is 42.5 Å². The van der Waals surface area contributed by atoms with Gasteiger partial charge in [0.1, 0.15) is 17.2 Å². The highest BCUT2D eigenvalue weighted by atomic mass is 32.1. The third-order valence-corrected chi connectivity index (χ3v) is 5.40. The summed E-state index contributed by atoms with van der Waals surface area (Å²) in [6, 6.07) is 17.8. The summed E-state index contributed by atoms with van der Waals surface area (Å²) in [5.41, 5.74) is 2.98. The van der Waals surface area contributed by atoms with Crippen LogP contribution in [0, 0.1) is 0 Å². The minimum atomic E-state index is 0.309. The molecule has 0 spiro atoms. The summed E-state index contributed by atoms with van der Waals surface area (Å²) >= 11 is 1.57. The van der Waals surface area contributed by atoms with Gasteiger partial charge in [-0.25, -0.2) is 9.67 Å². The van der Waals surface area contributed by atoms with Crippen molar-refractivity contribution in [3.05, 3.63) is 78.2 Å². The molecule has 0 radical (unpaired) electrons. The largest absolute Gasteiger partial charge is 0.438 e. The minimum Gasteiger partial charge on any atom is -0.438 e. The molecule has 7 nitrogen and oxygen atoms in total. The van der Waals surface area contributed by atoms with Gasteiger partial charge in [-0.15, -0.1) is 16.4 Å². The Morgan fingerprint density at radius 1 is 1.03 bits per heavy atom. The van der Waals surface area contributed by atoms with E-state index in [1.165, 1.54) is 0 Å². The van der Waals surface area contributed by atoms with Crippen LogP contribution in [0.25, 0.3) is 27.0 Å². The Morgan fingerprint density at radius 3 is 2.73 bits per heavy atom. The molecular formula is C22H17N5O2S. The van der Waals surface area contributed by atoms with Gasteiger partial charge in [0.15, 0.2) is 5.82 Å². The number of hydrogen-bond acceptors (Lipinski definition) is 7. The van der Waals surface area contributed by atoms with Gasteiger partial charge >= 0.3 is 0 Å². The molecule has 148 valence electrons.